The molecule has 1 aliphatic heterocycles. The van der Waals surface area contributed by atoms with Gasteiger partial charge in [-0.25, -0.2) is 0 Å². The van der Waals surface area contributed by atoms with Crippen molar-refractivity contribution in [1.29, 1.82) is 0 Å². The van der Waals surface area contributed by atoms with E-state index in [-0.39, 0.29) is 11.3 Å². The average molecular weight is 169 g/mol. The van der Waals surface area contributed by atoms with E-state index in [1.165, 1.54) is 0 Å². The number of fused-ring (bicyclic) bond motifs is 1. The van der Waals surface area contributed by atoms with Gasteiger partial charge < -0.3 is 9.94 Å². The number of nitrogens with zero attached hydrogens (tertiary/aromatic N) is 1. The Kier molecular flexibility index (Phi) is 1.65. The van der Waals surface area contributed by atoms with Gasteiger partial charge in [-0.15, -0.1) is 0 Å². The van der Waals surface area contributed by atoms with Gasteiger partial charge in [0, 0.05) is 5.41 Å². The highest BCUT2D eigenvalue weighted by Crippen LogP contribution is 2.40. The van der Waals surface area contributed by atoms with Crippen LogP contribution in [0.1, 0.15) is 33.1 Å². The van der Waals surface area contributed by atoms with E-state index in [0.717, 1.165) is 25.0 Å². The summed E-state index contributed by atoms with van der Waals surface area (Å²) in [7, 11) is 0. The van der Waals surface area contributed by atoms with E-state index in [1.807, 2.05) is 0 Å². The Labute approximate surface area is 72.4 Å². The van der Waals surface area contributed by atoms with Gasteiger partial charge in [0.05, 0.1) is 11.6 Å². The highest BCUT2D eigenvalue weighted by molar-refractivity contribution is 5.93. The van der Waals surface area contributed by atoms with Gasteiger partial charge in [0.2, 0.25) is 6.29 Å². The molecule has 0 radical (unpaired) electrons. The third-order valence-electron chi connectivity index (χ3n) is 2.96. The Morgan fingerprint density at radius 3 is 3.00 bits per heavy atom. The molecule has 2 aliphatic rings. The Morgan fingerprint density at radius 1 is 1.58 bits per heavy atom. The zero-order valence-corrected chi connectivity index (χ0v) is 7.58. The molecule has 0 amide bonds. The van der Waals surface area contributed by atoms with Crippen LogP contribution < -0.4 is 0 Å². The van der Waals surface area contributed by atoms with Gasteiger partial charge in [-0.1, -0.05) is 25.4 Å². The maximum absolute atomic E-state index is 9.42. The predicted molar refractivity (Wildman–Crippen MR) is 45.6 cm³/mol. The third kappa shape index (κ3) is 1.04. The van der Waals surface area contributed by atoms with E-state index >= 15 is 0 Å². The van der Waals surface area contributed by atoms with Gasteiger partial charge in [0.15, 0.2) is 0 Å². The summed E-state index contributed by atoms with van der Waals surface area (Å²) in [5.41, 5.74) is 1.18. The van der Waals surface area contributed by atoms with Crippen LogP contribution in [-0.4, -0.2) is 17.1 Å². The minimum atomic E-state index is -0.681. The topological polar surface area (TPSA) is 41.8 Å². The molecule has 1 aliphatic carbocycles. The van der Waals surface area contributed by atoms with E-state index in [1.54, 1.807) is 0 Å². The van der Waals surface area contributed by atoms with Crippen molar-refractivity contribution in [2.75, 3.05) is 0 Å². The largest absolute Gasteiger partial charge is 0.363 e. The maximum atomic E-state index is 9.42. The van der Waals surface area contributed by atoms with Gasteiger partial charge in [-0.3, -0.25) is 0 Å². The zero-order valence-electron chi connectivity index (χ0n) is 7.58. The molecule has 2 unspecified atom stereocenters. The minimum absolute atomic E-state index is 0.125. The lowest BCUT2D eigenvalue weighted by Crippen LogP contribution is -2.37. The molecular formula is C9H15NO2. The molecule has 3 nitrogen and oxygen atoms in total. The van der Waals surface area contributed by atoms with Crippen molar-refractivity contribution in [1.82, 2.24) is 0 Å². The van der Waals surface area contributed by atoms with Crippen molar-refractivity contribution in [2.24, 2.45) is 16.5 Å². The summed E-state index contributed by atoms with van der Waals surface area (Å²) in [5, 5.41) is 13.4. The fraction of sp³-hybridized carbons (Fsp3) is 0.889. The summed E-state index contributed by atoms with van der Waals surface area (Å²) in [6, 6.07) is 0. The monoisotopic (exact) mass is 169 g/mol. The fourth-order valence-corrected chi connectivity index (χ4v) is 2.18. The molecule has 1 fully saturated rings. The van der Waals surface area contributed by atoms with Crippen molar-refractivity contribution < 1.29 is 9.94 Å². The normalized spacial score (nSPS) is 38.4. The van der Waals surface area contributed by atoms with Crippen molar-refractivity contribution >= 4 is 5.71 Å². The lowest BCUT2D eigenvalue weighted by Gasteiger charge is -2.32. The van der Waals surface area contributed by atoms with Crippen molar-refractivity contribution in [2.45, 2.75) is 39.4 Å². The van der Waals surface area contributed by atoms with E-state index in [9.17, 15) is 5.11 Å². The molecular weight excluding hydrogens is 154 g/mol. The number of hydrogen-bond donors (Lipinski definition) is 1. The van der Waals surface area contributed by atoms with Crippen molar-refractivity contribution in [3.63, 3.8) is 0 Å². The number of rotatable bonds is 0. The molecule has 12 heavy (non-hydrogen) atoms. The van der Waals surface area contributed by atoms with Gasteiger partial charge in [-0.2, -0.15) is 0 Å². The molecule has 1 heterocycles. The smallest absolute Gasteiger partial charge is 0.232 e. The number of hydrogen-bond acceptors (Lipinski definition) is 3. The molecule has 0 saturated heterocycles. The van der Waals surface area contributed by atoms with Crippen LogP contribution in [0.4, 0.5) is 0 Å². The first-order chi connectivity index (χ1) is 5.61. The Balaban J connectivity index is 2.25. The van der Waals surface area contributed by atoms with Crippen LogP contribution in [0.3, 0.4) is 0 Å². The number of oxime groups is 1. The van der Waals surface area contributed by atoms with Crippen molar-refractivity contribution in [3.05, 3.63) is 0 Å². The lowest BCUT2D eigenvalue weighted by atomic mass is 9.70. The summed E-state index contributed by atoms with van der Waals surface area (Å²) in [4.78, 5) is 4.88. The lowest BCUT2D eigenvalue weighted by molar-refractivity contribution is -0.101. The van der Waals surface area contributed by atoms with Crippen molar-refractivity contribution in [3.8, 4) is 0 Å². The van der Waals surface area contributed by atoms with E-state index in [0.29, 0.717) is 0 Å². The third-order valence-corrected chi connectivity index (χ3v) is 2.96. The van der Waals surface area contributed by atoms with Gasteiger partial charge in [0.25, 0.3) is 0 Å². The molecule has 3 heteroatoms. The average Bonchev–Trinajstić information content (AvgIpc) is 2.33. The summed E-state index contributed by atoms with van der Waals surface area (Å²) in [5.74, 6) is 0.161. The van der Waals surface area contributed by atoms with Gasteiger partial charge in [0.1, 0.15) is 0 Å². The standard InChI is InChI=1S/C9H15NO2/c1-9(2)5-3-4-6-7(9)10-12-8(6)11/h6,8,11H,3-5H2,1-2H3. The van der Waals surface area contributed by atoms with Gasteiger partial charge in [-0.05, 0) is 12.8 Å². The summed E-state index contributed by atoms with van der Waals surface area (Å²) in [6.45, 7) is 4.33. The quantitative estimate of drug-likeness (QED) is 0.597. The Hall–Kier alpha value is -0.570. The first-order valence-electron chi connectivity index (χ1n) is 4.53. The molecule has 0 spiro atoms. The zero-order chi connectivity index (χ0) is 8.77. The van der Waals surface area contributed by atoms with Gasteiger partial charge >= 0.3 is 0 Å². The second-order valence-corrected chi connectivity index (χ2v) is 4.36. The van der Waals surface area contributed by atoms with Crippen LogP contribution >= 0.6 is 0 Å². The van der Waals surface area contributed by atoms with Crippen LogP contribution in [0.15, 0.2) is 5.16 Å². The molecule has 0 aromatic carbocycles. The first kappa shape index (κ1) is 8.05. The SMILES string of the molecule is CC1(C)CCCC2C1=NOC2O. The Bertz CT molecular complexity index is 223. The van der Waals surface area contributed by atoms with Crippen LogP contribution in [0.5, 0.6) is 0 Å². The molecule has 0 aromatic rings. The molecule has 68 valence electrons. The molecule has 1 saturated carbocycles. The van der Waals surface area contributed by atoms with Crippen LogP contribution in [0.25, 0.3) is 0 Å². The van der Waals surface area contributed by atoms with E-state index < -0.39 is 6.29 Å². The molecule has 2 rings (SSSR count). The molecule has 2 atom stereocenters. The summed E-state index contributed by atoms with van der Waals surface area (Å²) in [6.07, 6.45) is 2.65. The second-order valence-electron chi connectivity index (χ2n) is 4.36. The molecule has 1 N–H and O–H groups in total. The van der Waals surface area contributed by atoms with Crippen LogP contribution in [0, 0.1) is 11.3 Å². The molecule has 0 bridgehead atoms. The molecule has 0 aromatic heterocycles. The fourth-order valence-electron chi connectivity index (χ4n) is 2.18. The van der Waals surface area contributed by atoms with Crippen LogP contribution in [0.2, 0.25) is 0 Å². The van der Waals surface area contributed by atoms with E-state index in [2.05, 4.69) is 19.0 Å². The first-order valence-corrected chi connectivity index (χ1v) is 4.53. The summed E-state index contributed by atoms with van der Waals surface area (Å²) >= 11 is 0. The van der Waals surface area contributed by atoms with Crippen LogP contribution in [-0.2, 0) is 4.84 Å². The highest BCUT2D eigenvalue weighted by Gasteiger charge is 2.43. The maximum Gasteiger partial charge on any atom is 0.232 e. The number of aliphatic hydroxyl groups excluding tert-OH is 1. The predicted octanol–water partition coefficient (Wildman–Crippen LogP) is 1.52. The highest BCUT2D eigenvalue weighted by atomic mass is 16.7. The number of aliphatic hydroxyl groups is 1. The second kappa shape index (κ2) is 2.46. The Morgan fingerprint density at radius 2 is 2.33 bits per heavy atom. The van der Waals surface area contributed by atoms with E-state index in [4.69, 9.17) is 4.84 Å². The minimum Gasteiger partial charge on any atom is -0.363 e. The summed E-state index contributed by atoms with van der Waals surface area (Å²) < 4.78 is 0.